The summed E-state index contributed by atoms with van der Waals surface area (Å²) in [6.45, 7) is 0. The molecule has 5 heteroatoms. The summed E-state index contributed by atoms with van der Waals surface area (Å²) < 4.78 is 5.11. The Morgan fingerprint density at radius 1 is 1.18 bits per heavy atom. The molecule has 2 rings (SSSR count). The maximum absolute atomic E-state index is 12.5. The van der Waals surface area contributed by atoms with Crippen LogP contribution in [0.2, 0.25) is 10.0 Å². The Hall–Kier alpha value is -2.28. The van der Waals surface area contributed by atoms with Gasteiger partial charge >= 0.3 is 0 Å². The van der Waals surface area contributed by atoms with E-state index in [4.69, 9.17) is 27.9 Å². The number of hydrogen-bond donors (Lipinski definition) is 0. The van der Waals surface area contributed by atoms with Crippen molar-refractivity contribution in [3.63, 3.8) is 0 Å². The topological polar surface area (TPSA) is 50.1 Å². The number of methoxy groups -OCH3 is 1. The van der Waals surface area contributed by atoms with Crippen molar-refractivity contribution in [1.29, 1.82) is 5.26 Å². The van der Waals surface area contributed by atoms with Gasteiger partial charge in [-0.2, -0.15) is 5.26 Å². The van der Waals surface area contributed by atoms with E-state index in [0.29, 0.717) is 11.3 Å². The minimum Gasteiger partial charge on any atom is -0.497 e. The van der Waals surface area contributed by atoms with E-state index >= 15 is 0 Å². The third-order valence-corrected chi connectivity index (χ3v) is 3.59. The van der Waals surface area contributed by atoms with Gasteiger partial charge in [0.25, 0.3) is 0 Å². The average molecular weight is 332 g/mol. The summed E-state index contributed by atoms with van der Waals surface area (Å²) in [5.74, 6) is 0.121. The fourth-order valence-electron chi connectivity index (χ4n) is 1.90. The third-order valence-electron chi connectivity index (χ3n) is 2.96. The maximum Gasteiger partial charge on any atom is 0.206 e. The Balaban J connectivity index is 2.45. The molecule has 0 aliphatic rings. The van der Waals surface area contributed by atoms with Crippen LogP contribution < -0.4 is 4.74 Å². The number of carbonyl (C=O) groups excluding carboxylic acids is 1. The quantitative estimate of drug-likeness (QED) is 0.459. The van der Waals surface area contributed by atoms with Crippen molar-refractivity contribution < 1.29 is 9.53 Å². The van der Waals surface area contributed by atoms with E-state index < -0.39 is 5.78 Å². The monoisotopic (exact) mass is 331 g/mol. The van der Waals surface area contributed by atoms with Crippen LogP contribution in [-0.4, -0.2) is 12.9 Å². The lowest BCUT2D eigenvalue weighted by atomic mass is 10.0. The van der Waals surface area contributed by atoms with Crippen LogP contribution in [0.1, 0.15) is 15.9 Å². The van der Waals surface area contributed by atoms with E-state index in [-0.39, 0.29) is 21.2 Å². The lowest BCUT2D eigenvalue weighted by Gasteiger charge is -2.05. The maximum atomic E-state index is 12.5. The Labute approximate surface area is 138 Å². The van der Waals surface area contributed by atoms with Crippen molar-refractivity contribution in [3.8, 4) is 11.8 Å². The summed E-state index contributed by atoms with van der Waals surface area (Å²) in [6, 6.07) is 13.7. The van der Waals surface area contributed by atoms with Gasteiger partial charge in [-0.15, -0.1) is 0 Å². The van der Waals surface area contributed by atoms with Crippen molar-refractivity contribution in [2.45, 2.75) is 0 Å². The minimum atomic E-state index is -0.513. The second-order valence-corrected chi connectivity index (χ2v) is 5.19. The Kier molecular flexibility index (Phi) is 5.21. The molecule has 0 aliphatic carbocycles. The number of allylic oxidation sites excluding steroid dienone is 1. The van der Waals surface area contributed by atoms with Gasteiger partial charge in [-0.05, 0) is 35.9 Å². The van der Waals surface area contributed by atoms with Gasteiger partial charge in [0.05, 0.1) is 22.7 Å². The molecule has 0 N–H and O–H groups in total. The molecular formula is C17H11Cl2NO2. The molecule has 2 aromatic rings. The lowest BCUT2D eigenvalue weighted by molar-refractivity contribution is 0.104. The van der Waals surface area contributed by atoms with Gasteiger partial charge in [-0.1, -0.05) is 41.4 Å². The molecule has 0 aromatic heterocycles. The molecule has 0 saturated carbocycles. The molecule has 3 nitrogen and oxygen atoms in total. The molecule has 110 valence electrons. The van der Waals surface area contributed by atoms with Crippen LogP contribution in [0.25, 0.3) is 6.08 Å². The molecule has 0 atom stereocenters. The highest BCUT2D eigenvalue weighted by molar-refractivity contribution is 6.41. The summed E-state index contributed by atoms with van der Waals surface area (Å²) in [6.07, 6.45) is 1.48. The van der Waals surface area contributed by atoms with Gasteiger partial charge in [-0.25, -0.2) is 0 Å². The Bertz CT molecular complexity index is 771. The number of ether oxygens (including phenoxy) is 1. The van der Waals surface area contributed by atoms with Gasteiger partial charge in [0.15, 0.2) is 0 Å². The first kappa shape index (κ1) is 16.1. The normalized spacial score (nSPS) is 10.9. The number of ketones is 1. The first-order chi connectivity index (χ1) is 10.6. The summed E-state index contributed by atoms with van der Waals surface area (Å²) >= 11 is 12.0. The third kappa shape index (κ3) is 3.48. The van der Waals surface area contributed by atoms with Crippen LogP contribution in [0.15, 0.2) is 48.0 Å². The zero-order chi connectivity index (χ0) is 16.1. The highest BCUT2D eigenvalue weighted by Crippen LogP contribution is 2.27. The van der Waals surface area contributed by atoms with Crippen molar-refractivity contribution in [2.75, 3.05) is 7.11 Å². The molecule has 0 spiro atoms. The molecule has 0 radical (unpaired) electrons. The van der Waals surface area contributed by atoms with E-state index in [1.54, 1.807) is 49.6 Å². The van der Waals surface area contributed by atoms with E-state index in [1.807, 2.05) is 6.07 Å². The molecule has 0 fully saturated rings. The first-order valence-electron chi connectivity index (χ1n) is 6.31. The van der Waals surface area contributed by atoms with Crippen LogP contribution in [0.4, 0.5) is 0 Å². The number of carbonyl (C=O) groups is 1. The van der Waals surface area contributed by atoms with Gasteiger partial charge in [0.2, 0.25) is 5.78 Å². The molecule has 0 heterocycles. The minimum absolute atomic E-state index is 0.0525. The van der Waals surface area contributed by atoms with E-state index in [0.717, 1.165) is 0 Å². The largest absolute Gasteiger partial charge is 0.497 e. The number of nitriles is 1. The first-order valence-corrected chi connectivity index (χ1v) is 7.07. The number of Topliss-reactive ketones (excluding diaryl/α,β-unsaturated/α-hetero) is 1. The molecule has 0 saturated heterocycles. The fourth-order valence-corrected chi connectivity index (χ4v) is 2.47. The highest BCUT2D eigenvalue weighted by Gasteiger charge is 2.18. The van der Waals surface area contributed by atoms with Crippen LogP contribution in [-0.2, 0) is 0 Å². The molecule has 22 heavy (non-hydrogen) atoms. The van der Waals surface area contributed by atoms with Crippen molar-refractivity contribution >= 4 is 35.1 Å². The number of rotatable bonds is 4. The SMILES string of the molecule is COc1cccc(/C=C(\C#N)C(=O)c2c(Cl)cccc2Cl)c1. The Morgan fingerprint density at radius 2 is 1.82 bits per heavy atom. The predicted octanol–water partition coefficient (Wildman–Crippen LogP) is 4.79. The number of benzene rings is 2. The number of nitrogens with zero attached hydrogens (tertiary/aromatic N) is 1. The summed E-state index contributed by atoms with van der Waals surface area (Å²) in [7, 11) is 1.54. The van der Waals surface area contributed by atoms with Crippen molar-refractivity contribution in [1.82, 2.24) is 0 Å². The molecule has 0 aliphatic heterocycles. The second kappa shape index (κ2) is 7.13. The molecule has 0 unspecified atom stereocenters. The lowest BCUT2D eigenvalue weighted by Crippen LogP contribution is -2.04. The van der Waals surface area contributed by atoms with Crippen molar-refractivity contribution in [2.24, 2.45) is 0 Å². The standard InChI is InChI=1S/C17H11Cl2NO2/c1-22-13-5-2-4-11(9-13)8-12(10-20)17(21)16-14(18)6-3-7-15(16)19/h2-9H,1H3/b12-8+. The van der Waals surface area contributed by atoms with Gasteiger partial charge < -0.3 is 4.74 Å². The van der Waals surface area contributed by atoms with E-state index in [2.05, 4.69) is 0 Å². The summed E-state index contributed by atoms with van der Waals surface area (Å²) in [5.41, 5.74) is 0.747. The summed E-state index contributed by atoms with van der Waals surface area (Å²) in [4.78, 5) is 12.5. The van der Waals surface area contributed by atoms with Crippen LogP contribution in [0, 0.1) is 11.3 Å². The highest BCUT2D eigenvalue weighted by atomic mass is 35.5. The summed E-state index contributed by atoms with van der Waals surface area (Å²) in [5, 5.41) is 9.70. The van der Waals surface area contributed by atoms with E-state index in [9.17, 15) is 10.1 Å². The molecule has 0 bridgehead atoms. The smallest absolute Gasteiger partial charge is 0.206 e. The predicted molar refractivity (Wildman–Crippen MR) is 87.4 cm³/mol. The van der Waals surface area contributed by atoms with Crippen molar-refractivity contribution in [3.05, 3.63) is 69.2 Å². The van der Waals surface area contributed by atoms with Crippen LogP contribution in [0.3, 0.4) is 0 Å². The zero-order valence-corrected chi connectivity index (χ0v) is 13.2. The average Bonchev–Trinajstić information content (AvgIpc) is 2.52. The van der Waals surface area contributed by atoms with Crippen LogP contribution >= 0.6 is 23.2 Å². The van der Waals surface area contributed by atoms with Gasteiger partial charge in [0.1, 0.15) is 17.4 Å². The molecular weight excluding hydrogens is 321 g/mol. The zero-order valence-electron chi connectivity index (χ0n) is 11.6. The Morgan fingerprint density at radius 3 is 2.41 bits per heavy atom. The second-order valence-electron chi connectivity index (χ2n) is 4.37. The molecule has 2 aromatic carbocycles. The number of halogens is 2. The molecule has 0 amide bonds. The van der Waals surface area contributed by atoms with E-state index in [1.165, 1.54) is 6.08 Å². The van der Waals surface area contributed by atoms with Gasteiger partial charge in [0, 0.05) is 0 Å². The van der Waals surface area contributed by atoms with Gasteiger partial charge in [-0.3, -0.25) is 4.79 Å². The van der Waals surface area contributed by atoms with Crippen LogP contribution in [0.5, 0.6) is 5.75 Å². The number of hydrogen-bond acceptors (Lipinski definition) is 3. The fraction of sp³-hybridized carbons (Fsp3) is 0.0588.